The molecule has 0 saturated carbocycles. The van der Waals surface area contributed by atoms with Crippen LogP contribution in [0.1, 0.15) is 0 Å². The molecule has 0 fully saturated rings. The third-order valence-corrected chi connectivity index (χ3v) is 0.406. The summed E-state index contributed by atoms with van der Waals surface area (Å²) < 4.78 is 0. The minimum Gasteiger partial charge on any atom is -0.286 e. The summed E-state index contributed by atoms with van der Waals surface area (Å²) in [5.74, 6) is 0. The van der Waals surface area contributed by atoms with E-state index in [-0.39, 0.29) is 35.0 Å². The number of nitrogens with zero attached hydrogens (tertiary/aromatic N) is 1. The number of H-pyrrole nitrogens is 1. The number of hydrogen-bond donors (Lipinski definition) is 3. The molecule has 0 radical (unpaired) electrons. The van der Waals surface area contributed by atoms with E-state index >= 15 is 0 Å². The van der Waals surface area contributed by atoms with Crippen molar-refractivity contribution in [2.45, 2.75) is 0 Å². The average molecular weight is 156 g/mol. The molecule has 5 nitrogen and oxygen atoms in total. The Labute approximate surface area is 81.4 Å². The average Bonchev–Trinajstić information content (AvgIpc) is 2.17. The summed E-state index contributed by atoms with van der Waals surface area (Å²) in [5, 5.41) is 20.5. The van der Waals surface area contributed by atoms with Crippen LogP contribution in [0, 0.1) is 0 Å². The molecule has 0 aliphatic heterocycles. The molecule has 1 rings (SSSR count). The fourth-order valence-electron chi connectivity index (χ4n) is 0.215. The van der Waals surface area contributed by atoms with Crippen molar-refractivity contribution in [2.75, 3.05) is 0 Å². The number of hydrogen-bond acceptors (Lipinski definition) is 3. The molecule has 0 saturated heterocycles. The standard InChI is InChI=1S/C3H4N2.BH3O2.Na.H2O.H/c1-2-4-5-3-1;2-1-3;;;/h1-3H,(H,4,5);1-3H;;1H2;. The van der Waals surface area contributed by atoms with Gasteiger partial charge in [0.05, 0.1) is 0 Å². The van der Waals surface area contributed by atoms with Gasteiger partial charge in [0.25, 0.3) is 0 Å². The van der Waals surface area contributed by atoms with Crippen molar-refractivity contribution in [1.29, 1.82) is 0 Å². The van der Waals surface area contributed by atoms with E-state index in [9.17, 15) is 0 Å². The van der Waals surface area contributed by atoms with Crippen LogP contribution >= 0.6 is 0 Å². The van der Waals surface area contributed by atoms with Gasteiger partial charge in [-0.1, -0.05) is 0 Å². The van der Waals surface area contributed by atoms with Gasteiger partial charge in [-0.25, -0.2) is 0 Å². The van der Waals surface area contributed by atoms with E-state index in [4.69, 9.17) is 10.0 Å². The van der Waals surface area contributed by atoms with Gasteiger partial charge in [0.2, 0.25) is 0 Å². The fourth-order valence-corrected chi connectivity index (χ4v) is 0.215. The van der Waals surface area contributed by atoms with Crippen LogP contribution in [-0.2, 0) is 0 Å². The Bertz CT molecular complexity index is 88.6. The summed E-state index contributed by atoms with van der Waals surface area (Å²) in [7, 11) is -0.750. The van der Waals surface area contributed by atoms with Crippen LogP contribution in [0.5, 0.6) is 0 Å². The van der Waals surface area contributed by atoms with Gasteiger partial charge in [0, 0.05) is 12.4 Å². The predicted molar refractivity (Wildman–Crippen MR) is 40.9 cm³/mol. The number of rotatable bonds is 0. The molecule has 0 unspecified atom stereocenters. The van der Waals surface area contributed by atoms with E-state index < -0.39 is 7.69 Å². The molecule has 0 atom stereocenters. The first-order valence-corrected chi connectivity index (χ1v) is 2.07. The van der Waals surface area contributed by atoms with Crippen LogP contribution < -0.4 is 0 Å². The summed E-state index contributed by atoms with van der Waals surface area (Å²) >= 11 is 0. The topological polar surface area (TPSA) is 101 Å². The molecule has 1 aromatic rings. The van der Waals surface area contributed by atoms with Gasteiger partial charge in [0.15, 0.2) is 0 Å². The zero-order chi connectivity index (χ0) is 6.24. The molecular weight excluding hydrogens is 146 g/mol. The third kappa shape index (κ3) is 15.7. The second-order valence-electron chi connectivity index (χ2n) is 0.908. The van der Waals surface area contributed by atoms with Crippen LogP contribution in [0.4, 0.5) is 0 Å². The van der Waals surface area contributed by atoms with Gasteiger partial charge < -0.3 is 15.5 Å². The molecule has 1 aromatic heterocycles. The molecular formula is C3H10BN2NaO3. The Morgan fingerprint density at radius 2 is 1.90 bits per heavy atom. The predicted octanol–water partition coefficient (Wildman–Crippen LogP) is -2.83. The monoisotopic (exact) mass is 156 g/mol. The fraction of sp³-hybridized carbons (Fsp3) is 0. The molecule has 0 aliphatic rings. The second-order valence-corrected chi connectivity index (χ2v) is 0.908. The van der Waals surface area contributed by atoms with E-state index in [0.717, 1.165) is 0 Å². The van der Waals surface area contributed by atoms with Crippen molar-refractivity contribution in [3.05, 3.63) is 18.5 Å². The second kappa shape index (κ2) is 16.1. The summed E-state index contributed by atoms with van der Waals surface area (Å²) in [5.41, 5.74) is 0. The first kappa shape index (κ1) is 16.6. The number of aromatic amines is 1. The maximum atomic E-state index is 7.12. The molecule has 7 heteroatoms. The van der Waals surface area contributed by atoms with Crippen LogP contribution in [0.15, 0.2) is 18.5 Å². The van der Waals surface area contributed by atoms with E-state index in [1.165, 1.54) is 0 Å². The quantitative estimate of drug-likeness (QED) is 0.353. The molecule has 0 spiro atoms. The molecule has 0 aliphatic carbocycles. The molecule has 10 heavy (non-hydrogen) atoms. The van der Waals surface area contributed by atoms with Crippen LogP contribution in [0.3, 0.4) is 0 Å². The largest absolute Gasteiger partial charge is 0.286 e. The van der Waals surface area contributed by atoms with Crippen LogP contribution in [-0.4, -0.2) is 63.0 Å². The van der Waals surface area contributed by atoms with E-state index in [1.807, 2.05) is 6.07 Å². The number of nitrogens with one attached hydrogen (secondary N) is 1. The summed E-state index contributed by atoms with van der Waals surface area (Å²) in [6, 6.07) is 1.83. The third-order valence-electron chi connectivity index (χ3n) is 0.406. The van der Waals surface area contributed by atoms with Gasteiger partial charge >= 0.3 is 37.2 Å². The van der Waals surface area contributed by atoms with Crippen molar-refractivity contribution in [1.82, 2.24) is 10.2 Å². The Kier molecular flexibility index (Phi) is 26.7. The molecule has 0 aromatic carbocycles. The van der Waals surface area contributed by atoms with E-state index in [1.54, 1.807) is 12.4 Å². The summed E-state index contributed by atoms with van der Waals surface area (Å²) in [4.78, 5) is 0. The van der Waals surface area contributed by atoms with Gasteiger partial charge in [-0.15, -0.1) is 0 Å². The Morgan fingerprint density at radius 1 is 1.40 bits per heavy atom. The van der Waals surface area contributed by atoms with Crippen molar-refractivity contribution < 1.29 is 15.5 Å². The Balaban J connectivity index is -0.0000000900. The Hall–Kier alpha value is 0.155. The number of aromatic nitrogens is 2. The zero-order valence-corrected chi connectivity index (χ0v) is 4.78. The van der Waals surface area contributed by atoms with Gasteiger partial charge in [-0.3, -0.25) is 5.10 Å². The first-order valence-electron chi connectivity index (χ1n) is 2.07. The van der Waals surface area contributed by atoms with Crippen molar-refractivity contribution in [3.8, 4) is 0 Å². The molecule has 54 valence electrons. The molecule has 0 bridgehead atoms. The molecule has 5 N–H and O–H groups in total. The van der Waals surface area contributed by atoms with Gasteiger partial charge in [0.1, 0.15) is 0 Å². The maximum absolute atomic E-state index is 7.12. The van der Waals surface area contributed by atoms with E-state index in [2.05, 4.69) is 10.2 Å². The van der Waals surface area contributed by atoms with E-state index in [0.29, 0.717) is 0 Å². The smallest absolute Gasteiger partial charge is 0.0487 e. The molecule has 1 heterocycles. The van der Waals surface area contributed by atoms with Gasteiger partial charge in [-0.2, -0.15) is 5.10 Å². The van der Waals surface area contributed by atoms with Crippen LogP contribution in [0.25, 0.3) is 0 Å². The van der Waals surface area contributed by atoms with Crippen molar-refractivity contribution >= 4 is 37.2 Å². The van der Waals surface area contributed by atoms with Gasteiger partial charge in [-0.05, 0) is 6.07 Å². The minimum absolute atomic E-state index is 0. The normalized spacial score (nSPS) is 5.40. The first-order chi connectivity index (χ1) is 3.91. The van der Waals surface area contributed by atoms with Crippen molar-refractivity contribution in [2.24, 2.45) is 0 Å². The maximum Gasteiger partial charge on any atom is 0.0487 e. The SMILES string of the molecule is O.OBO.[NaH].c1cn[nH]c1. The zero-order valence-electron chi connectivity index (χ0n) is 4.78. The van der Waals surface area contributed by atoms with Crippen molar-refractivity contribution in [3.63, 3.8) is 0 Å². The summed E-state index contributed by atoms with van der Waals surface area (Å²) in [6.07, 6.45) is 3.46. The Morgan fingerprint density at radius 3 is 2.00 bits per heavy atom. The molecule has 0 amide bonds. The van der Waals surface area contributed by atoms with Crippen LogP contribution in [0.2, 0.25) is 0 Å². The summed E-state index contributed by atoms with van der Waals surface area (Å²) in [6.45, 7) is 0. The minimum atomic E-state index is -0.750.